The van der Waals surface area contributed by atoms with Gasteiger partial charge in [0.15, 0.2) is 17.5 Å². The van der Waals surface area contributed by atoms with Crippen LogP contribution >= 0.6 is 11.6 Å². The third-order valence-electron chi connectivity index (χ3n) is 7.23. The summed E-state index contributed by atoms with van der Waals surface area (Å²) in [7, 11) is 0. The number of amides is 2. The number of morpholine rings is 1. The number of urea groups is 1. The maximum Gasteiger partial charge on any atom is 0.317 e. The number of hydrogen-bond acceptors (Lipinski definition) is 6. The van der Waals surface area contributed by atoms with Crippen molar-refractivity contribution in [1.82, 2.24) is 30.2 Å². The van der Waals surface area contributed by atoms with Gasteiger partial charge in [0.1, 0.15) is 5.65 Å². The van der Waals surface area contributed by atoms with Crippen LogP contribution in [0.15, 0.2) is 24.7 Å². The number of nitrogens with zero attached hydrogens (tertiary/aromatic N) is 4. The van der Waals surface area contributed by atoms with Crippen molar-refractivity contribution in [2.75, 3.05) is 31.6 Å². The number of fused-ring (bicyclic) bond motifs is 3. The van der Waals surface area contributed by atoms with Gasteiger partial charge >= 0.3 is 6.03 Å². The molecule has 3 aromatic rings. The van der Waals surface area contributed by atoms with Crippen LogP contribution in [0.4, 0.5) is 15.0 Å². The topological polar surface area (TPSA) is 108 Å². The summed E-state index contributed by atoms with van der Waals surface area (Å²) >= 11 is 6.11. The van der Waals surface area contributed by atoms with Crippen LogP contribution in [0.1, 0.15) is 19.3 Å². The van der Waals surface area contributed by atoms with Crippen molar-refractivity contribution >= 4 is 34.5 Å². The van der Waals surface area contributed by atoms with E-state index in [1.54, 1.807) is 23.4 Å². The van der Waals surface area contributed by atoms with Gasteiger partial charge in [0.25, 0.3) is 0 Å². The largest absolute Gasteiger partial charge is 0.378 e. The Balaban J connectivity index is 1.19. The number of rotatable bonds is 4. The van der Waals surface area contributed by atoms with Crippen molar-refractivity contribution < 1.29 is 13.9 Å². The Morgan fingerprint density at radius 3 is 2.82 bits per heavy atom. The molecule has 4 heterocycles. The first kappa shape index (κ1) is 21.5. The molecule has 3 aromatic heterocycles. The Kier molecular flexibility index (Phi) is 5.49. The summed E-state index contributed by atoms with van der Waals surface area (Å²) in [6.45, 7) is 2.36. The number of H-pyrrole nitrogens is 1. The fraction of sp³-hybridized carbons (Fsp3) is 0.478. The molecule has 0 spiro atoms. The van der Waals surface area contributed by atoms with Gasteiger partial charge in [-0.05, 0) is 37.2 Å². The molecule has 2 saturated carbocycles. The predicted molar refractivity (Wildman–Crippen MR) is 125 cm³/mol. The van der Waals surface area contributed by atoms with Gasteiger partial charge in [0.2, 0.25) is 0 Å². The van der Waals surface area contributed by atoms with Crippen molar-refractivity contribution in [2.45, 2.75) is 31.3 Å². The second kappa shape index (κ2) is 8.66. The normalized spacial score (nSPS) is 26.2. The minimum Gasteiger partial charge on any atom is -0.378 e. The van der Waals surface area contributed by atoms with Crippen LogP contribution < -0.4 is 10.6 Å². The molecule has 0 radical (unpaired) electrons. The molecule has 4 atom stereocenters. The zero-order valence-electron chi connectivity index (χ0n) is 18.4. The molecule has 2 bridgehead atoms. The summed E-state index contributed by atoms with van der Waals surface area (Å²) < 4.78 is 20.1. The molecule has 34 heavy (non-hydrogen) atoms. The van der Waals surface area contributed by atoms with E-state index in [4.69, 9.17) is 16.3 Å². The molecular weight excluding hydrogens is 461 g/mol. The first-order valence-electron chi connectivity index (χ1n) is 11.6. The number of aromatic amines is 1. The number of pyridine rings is 1. The smallest absolute Gasteiger partial charge is 0.317 e. The minimum absolute atomic E-state index is 0.0325. The van der Waals surface area contributed by atoms with E-state index in [2.05, 4.69) is 30.6 Å². The molecule has 0 aromatic carbocycles. The van der Waals surface area contributed by atoms with E-state index < -0.39 is 5.82 Å². The molecule has 11 heteroatoms. The molecule has 6 rings (SSSR count). The lowest BCUT2D eigenvalue weighted by Crippen LogP contribution is -2.52. The van der Waals surface area contributed by atoms with Gasteiger partial charge in [-0.15, -0.1) is 0 Å². The van der Waals surface area contributed by atoms with Crippen LogP contribution in [0.25, 0.3) is 22.4 Å². The zero-order valence-corrected chi connectivity index (χ0v) is 19.2. The zero-order chi connectivity index (χ0) is 23.2. The molecule has 2 amide bonds. The van der Waals surface area contributed by atoms with Crippen molar-refractivity contribution in [1.29, 1.82) is 0 Å². The second-order valence-corrected chi connectivity index (χ2v) is 9.72. The van der Waals surface area contributed by atoms with E-state index in [-0.39, 0.29) is 29.9 Å². The van der Waals surface area contributed by atoms with Crippen LogP contribution in [0.5, 0.6) is 0 Å². The van der Waals surface area contributed by atoms with E-state index in [0.717, 1.165) is 24.6 Å². The highest BCUT2D eigenvalue weighted by molar-refractivity contribution is 6.31. The van der Waals surface area contributed by atoms with Crippen molar-refractivity contribution in [2.24, 2.45) is 11.8 Å². The first-order valence-corrected chi connectivity index (χ1v) is 12.0. The third-order valence-corrected chi connectivity index (χ3v) is 7.43. The minimum atomic E-state index is -0.503. The van der Waals surface area contributed by atoms with Gasteiger partial charge < -0.3 is 25.3 Å². The van der Waals surface area contributed by atoms with Gasteiger partial charge in [-0.25, -0.2) is 24.1 Å². The highest BCUT2D eigenvalue weighted by Crippen LogP contribution is 2.46. The maximum atomic E-state index is 14.7. The molecule has 178 valence electrons. The number of carbonyl (C=O) groups is 1. The Bertz CT molecular complexity index is 1230. The summed E-state index contributed by atoms with van der Waals surface area (Å²) in [5, 5.41) is 7.81. The number of aromatic nitrogens is 4. The van der Waals surface area contributed by atoms with Crippen LogP contribution in [0, 0.1) is 17.7 Å². The number of nitrogens with one attached hydrogen (secondary N) is 3. The predicted octanol–water partition coefficient (Wildman–Crippen LogP) is 3.43. The van der Waals surface area contributed by atoms with E-state index in [1.807, 2.05) is 0 Å². The maximum absolute atomic E-state index is 14.7. The van der Waals surface area contributed by atoms with E-state index >= 15 is 0 Å². The molecule has 3 unspecified atom stereocenters. The first-order chi connectivity index (χ1) is 16.5. The third kappa shape index (κ3) is 3.94. The Labute approximate surface area is 200 Å². The molecule has 2 aliphatic carbocycles. The van der Waals surface area contributed by atoms with Crippen LogP contribution in [-0.4, -0.2) is 69.3 Å². The van der Waals surface area contributed by atoms with Crippen LogP contribution in [0.2, 0.25) is 5.02 Å². The summed E-state index contributed by atoms with van der Waals surface area (Å²) in [5.74, 6) is 0.786. The number of ether oxygens (including phenoxy) is 1. The summed E-state index contributed by atoms with van der Waals surface area (Å²) in [6.07, 6.45) is 7.40. The fourth-order valence-corrected chi connectivity index (χ4v) is 5.79. The van der Waals surface area contributed by atoms with Crippen LogP contribution in [0.3, 0.4) is 0 Å². The lowest BCUT2D eigenvalue weighted by Gasteiger charge is -2.34. The average Bonchev–Trinajstić information content (AvgIpc) is 3.55. The molecule has 1 saturated heterocycles. The number of carbonyl (C=O) groups excluding carboxylic acids is 1. The number of halogens is 2. The van der Waals surface area contributed by atoms with Crippen molar-refractivity contribution in [3.8, 4) is 11.4 Å². The monoisotopic (exact) mass is 485 g/mol. The summed E-state index contributed by atoms with van der Waals surface area (Å²) in [5.41, 5.74) is 1.37. The highest BCUT2D eigenvalue weighted by atomic mass is 35.5. The van der Waals surface area contributed by atoms with Crippen molar-refractivity contribution in [3.05, 3.63) is 35.5 Å². The average molecular weight is 486 g/mol. The molecule has 3 aliphatic rings. The van der Waals surface area contributed by atoms with E-state index in [9.17, 15) is 9.18 Å². The van der Waals surface area contributed by atoms with Gasteiger partial charge in [-0.2, -0.15) is 0 Å². The van der Waals surface area contributed by atoms with Gasteiger partial charge in [-0.3, -0.25) is 0 Å². The molecular formula is C23H25ClFN7O2. The van der Waals surface area contributed by atoms with Crippen LogP contribution in [-0.2, 0) is 4.74 Å². The summed E-state index contributed by atoms with van der Waals surface area (Å²) in [4.78, 5) is 30.5. The van der Waals surface area contributed by atoms with E-state index in [0.29, 0.717) is 54.3 Å². The Morgan fingerprint density at radius 1 is 1.18 bits per heavy atom. The second-order valence-electron chi connectivity index (χ2n) is 9.29. The van der Waals surface area contributed by atoms with Gasteiger partial charge in [-0.1, -0.05) is 11.6 Å². The molecule has 1 aliphatic heterocycles. The highest BCUT2D eigenvalue weighted by Gasteiger charge is 2.47. The number of hydrogen-bond donors (Lipinski definition) is 3. The Hall–Kier alpha value is -2.98. The molecule has 3 fully saturated rings. The lowest BCUT2D eigenvalue weighted by atomic mass is 9.90. The fourth-order valence-electron chi connectivity index (χ4n) is 5.64. The SMILES string of the molecule is O=C(NC1CC2CC(Nc3nc(-c4c[nH]c5ncc(Cl)cc45)ncc3F)[C@H]1C2)N1CCOCC1. The van der Waals surface area contributed by atoms with E-state index in [1.165, 1.54) is 6.20 Å². The van der Waals surface area contributed by atoms with Gasteiger partial charge in [0.05, 0.1) is 24.4 Å². The molecule has 9 nitrogen and oxygen atoms in total. The van der Waals surface area contributed by atoms with Gasteiger partial charge in [0, 0.05) is 48.5 Å². The standard InChI is InChI=1S/C23H25ClFN7O2/c24-13-8-14-16(10-27-20(14)26-9-13)21-28-11-17(25)22(31-21)29-18-6-12-5-15(18)19(7-12)30-23(33)32-1-3-34-4-2-32/h8-12,15,18-19H,1-7H2,(H,26,27)(H,30,33)(H,28,29,31)/t12?,15-,18?,19?/m1/s1. The van der Waals surface area contributed by atoms with Crippen molar-refractivity contribution in [3.63, 3.8) is 0 Å². The summed E-state index contributed by atoms with van der Waals surface area (Å²) in [6, 6.07) is 1.84. The Morgan fingerprint density at radius 2 is 2.00 bits per heavy atom. The lowest BCUT2D eigenvalue weighted by molar-refractivity contribution is 0.0519. The quantitative estimate of drug-likeness (QED) is 0.522. The number of anilines is 1. The molecule has 3 N–H and O–H groups in total.